The van der Waals surface area contributed by atoms with Gasteiger partial charge in [-0.2, -0.15) is 0 Å². The Morgan fingerprint density at radius 1 is 1.26 bits per heavy atom. The Balaban J connectivity index is 2.13. The molecule has 1 unspecified atom stereocenters. The lowest BCUT2D eigenvalue weighted by molar-refractivity contribution is -0.138. The lowest BCUT2D eigenvalue weighted by Gasteiger charge is -2.11. The molecule has 1 atom stereocenters. The number of halogens is 1. The molecule has 0 amide bonds. The summed E-state index contributed by atoms with van der Waals surface area (Å²) in [6.45, 7) is 3.62. The standard InChI is InChI=1S/C19H19ClN2O4S/c1-3-18-21-16-8-13(10-27(25)26)15(20)9-17(16)22(18)14-6-4-12(5-7-14)11(2)19(23)24/h4-9,11,27H,3,10H2,1-2H3,(H,23,24). The number of benzene rings is 2. The molecule has 1 aromatic heterocycles. The van der Waals surface area contributed by atoms with E-state index < -0.39 is 22.6 Å². The van der Waals surface area contributed by atoms with Gasteiger partial charge in [0.1, 0.15) is 16.5 Å². The third-order valence-corrected chi connectivity index (χ3v) is 5.48. The van der Waals surface area contributed by atoms with E-state index in [2.05, 4.69) is 4.98 Å². The Hall–Kier alpha value is -2.38. The van der Waals surface area contributed by atoms with Crippen LogP contribution in [0.1, 0.15) is 36.7 Å². The van der Waals surface area contributed by atoms with Gasteiger partial charge in [0.15, 0.2) is 0 Å². The first-order valence-corrected chi connectivity index (χ1v) is 10.2. The van der Waals surface area contributed by atoms with Gasteiger partial charge in [-0.15, -0.1) is 0 Å². The quantitative estimate of drug-likeness (QED) is 0.611. The van der Waals surface area contributed by atoms with Crippen LogP contribution in [0.5, 0.6) is 0 Å². The molecule has 142 valence electrons. The van der Waals surface area contributed by atoms with E-state index in [4.69, 9.17) is 16.7 Å². The van der Waals surface area contributed by atoms with Crippen molar-refractivity contribution in [2.75, 3.05) is 0 Å². The molecule has 0 bridgehead atoms. The van der Waals surface area contributed by atoms with Gasteiger partial charge in [0.05, 0.1) is 22.7 Å². The molecule has 6 nitrogen and oxygen atoms in total. The first-order valence-electron chi connectivity index (χ1n) is 8.46. The highest BCUT2D eigenvalue weighted by molar-refractivity contribution is 7.71. The van der Waals surface area contributed by atoms with Gasteiger partial charge in [0.25, 0.3) is 0 Å². The van der Waals surface area contributed by atoms with Gasteiger partial charge in [-0.3, -0.25) is 9.36 Å². The van der Waals surface area contributed by atoms with E-state index in [9.17, 15) is 13.2 Å². The van der Waals surface area contributed by atoms with Crippen LogP contribution in [0, 0.1) is 0 Å². The molecule has 0 saturated heterocycles. The Labute approximate surface area is 163 Å². The number of carbonyl (C=O) groups is 1. The van der Waals surface area contributed by atoms with Crippen LogP contribution in [0.25, 0.3) is 16.7 Å². The highest BCUT2D eigenvalue weighted by Crippen LogP contribution is 2.29. The molecule has 0 aliphatic heterocycles. The van der Waals surface area contributed by atoms with Crippen LogP contribution in [0.15, 0.2) is 36.4 Å². The average molecular weight is 407 g/mol. The second kappa shape index (κ2) is 7.70. The van der Waals surface area contributed by atoms with Crippen LogP contribution < -0.4 is 0 Å². The molecule has 2 aromatic carbocycles. The molecule has 27 heavy (non-hydrogen) atoms. The van der Waals surface area contributed by atoms with E-state index in [0.717, 1.165) is 17.0 Å². The Bertz CT molecular complexity index is 1080. The summed E-state index contributed by atoms with van der Waals surface area (Å²) in [7, 11) is -2.58. The van der Waals surface area contributed by atoms with Crippen LogP contribution in [-0.4, -0.2) is 29.0 Å². The number of carboxylic acids is 1. The molecular weight excluding hydrogens is 388 g/mol. The van der Waals surface area contributed by atoms with Crippen LogP contribution in [0.3, 0.4) is 0 Å². The van der Waals surface area contributed by atoms with Crippen molar-refractivity contribution >= 4 is 39.3 Å². The highest BCUT2D eigenvalue weighted by atomic mass is 35.5. The number of nitrogens with zero attached hydrogens (tertiary/aromatic N) is 2. The zero-order valence-electron chi connectivity index (χ0n) is 14.8. The first-order chi connectivity index (χ1) is 12.8. The number of aliphatic carboxylic acids is 1. The van der Waals surface area contributed by atoms with Gasteiger partial charge < -0.3 is 5.11 Å². The molecule has 1 heterocycles. The summed E-state index contributed by atoms with van der Waals surface area (Å²) in [6.07, 6.45) is 0.671. The van der Waals surface area contributed by atoms with Crippen LogP contribution in [0.2, 0.25) is 5.02 Å². The number of thiol groups is 1. The van der Waals surface area contributed by atoms with Crippen LogP contribution in [-0.2, 0) is 27.7 Å². The molecule has 3 rings (SSSR count). The number of hydrogen-bond donors (Lipinski definition) is 2. The van der Waals surface area contributed by atoms with E-state index in [1.807, 2.05) is 23.6 Å². The predicted octanol–water partition coefficient (Wildman–Crippen LogP) is 3.54. The second-order valence-corrected chi connectivity index (χ2v) is 7.68. The molecule has 1 N–H and O–H groups in total. The van der Waals surface area contributed by atoms with Gasteiger partial charge in [-0.1, -0.05) is 30.7 Å². The normalized spacial score (nSPS) is 12.6. The fourth-order valence-electron chi connectivity index (χ4n) is 3.03. The maximum atomic E-state index is 11.2. The highest BCUT2D eigenvalue weighted by Gasteiger charge is 2.16. The summed E-state index contributed by atoms with van der Waals surface area (Å²) in [5.74, 6) is -0.777. The topological polar surface area (TPSA) is 89.3 Å². The Kier molecular flexibility index (Phi) is 5.53. The first kappa shape index (κ1) is 19.4. The van der Waals surface area contributed by atoms with Crippen LogP contribution >= 0.6 is 11.6 Å². The smallest absolute Gasteiger partial charge is 0.310 e. The summed E-state index contributed by atoms with van der Waals surface area (Å²) in [4.78, 5) is 15.8. The van der Waals surface area contributed by atoms with E-state index in [1.165, 1.54) is 0 Å². The lowest BCUT2D eigenvalue weighted by Crippen LogP contribution is -2.07. The van der Waals surface area contributed by atoms with Crippen molar-refractivity contribution in [3.05, 3.63) is 58.4 Å². The molecule has 0 fully saturated rings. The summed E-state index contributed by atoms with van der Waals surface area (Å²) in [5.41, 5.74) is 3.53. The summed E-state index contributed by atoms with van der Waals surface area (Å²) >= 11 is 6.29. The van der Waals surface area contributed by atoms with Crippen molar-refractivity contribution in [3.63, 3.8) is 0 Å². The molecule has 0 spiro atoms. The largest absolute Gasteiger partial charge is 0.481 e. The average Bonchev–Trinajstić information content (AvgIpc) is 2.98. The van der Waals surface area contributed by atoms with E-state index >= 15 is 0 Å². The van der Waals surface area contributed by atoms with Gasteiger partial charge in [-0.25, -0.2) is 13.4 Å². The second-order valence-electron chi connectivity index (χ2n) is 6.29. The Morgan fingerprint density at radius 3 is 2.48 bits per heavy atom. The Morgan fingerprint density at radius 2 is 1.93 bits per heavy atom. The zero-order valence-corrected chi connectivity index (χ0v) is 16.5. The van der Waals surface area contributed by atoms with Crippen LogP contribution in [0.4, 0.5) is 0 Å². The lowest BCUT2D eigenvalue weighted by atomic mass is 10.0. The maximum Gasteiger partial charge on any atom is 0.310 e. The number of carboxylic acid groups (broad SMARTS) is 1. The number of fused-ring (bicyclic) bond motifs is 1. The monoisotopic (exact) mass is 406 g/mol. The molecule has 0 aliphatic carbocycles. The predicted molar refractivity (Wildman–Crippen MR) is 106 cm³/mol. The zero-order chi connectivity index (χ0) is 19.7. The summed E-state index contributed by atoms with van der Waals surface area (Å²) < 4.78 is 24.1. The minimum atomic E-state index is -2.58. The number of rotatable bonds is 6. The molecule has 3 aromatic rings. The van der Waals surface area contributed by atoms with Gasteiger partial charge >= 0.3 is 5.97 Å². The third kappa shape index (κ3) is 3.84. The SMILES string of the molecule is CCc1nc2cc(C[SH](=O)=O)c(Cl)cc2n1-c1ccc(C(C)C(=O)O)cc1. The number of imidazole rings is 1. The number of aromatic nitrogens is 2. The van der Waals surface area contributed by atoms with Crippen molar-refractivity contribution < 1.29 is 18.3 Å². The third-order valence-electron chi connectivity index (χ3n) is 4.53. The van der Waals surface area contributed by atoms with Crippen molar-refractivity contribution in [1.82, 2.24) is 9.55 Å². The fourth-order valence-corrected chi connectivity index (χ4v) is 3.89. The molecule has 0 saturated carbocycles. The van der Waals surface area contributed by atoms with Crippen molar-refractivity contribution in [2.45, 2.75) is 31.9 Å². The van der Waals surface area contributed by atoms with Gasteiger partial charge in [-0.05, 0) is 42.3 Å². The molecule has 8 heteroatoms. The van der Waals surface area contributed by atoms with Gasteiger partial charge in [0, 0.05) is 17.1 Å². The summed E-state index contributed by atoms with van der Waals surface area (Å²) in [5, 5.41) is 9.53. The number of hydrogen-bond acceptors (Lipinski definition) is 4. The van der Waals surface area contributed by atoms with Crippen molar-refractivity contribution in [2.24, 2.45) is 0 Å². The van der Waals surface area contributed by atoms with E-state index in [1.54, 1.807) is 31.2 Å². The fraction of sp³-hybridized carbons (Fsp3) is 0.263. The maximum absolute atomic E-state index is 11.2. The molecule has 0 radical (unpaired) electrons. The van der Waals surface area contributed by atoms with Crippen molar-refractivity contribution in [1.29, 1.82) is 0 Å². The minimum absolute atomic E-state index is 0.125. The summed E-state index contributed by atoms with van der Waals surface area (Å²) in [6, 6.07) is 10.7. The minimum Gasteiger partial charge on any atom is -0.481 e. The van der Waals surface area contributed by atoms with Gasteiger partial charge in [0.2, 0.25) is 0 Å². The van der Waals surface area contributed by atoms with E-state index in [0.29, 0.717) is 28.1 Å². The van der Waals surface area contributed by atoms with E-state index in [-0.39, 0.29) is 5.75 Å². The molecular formula is C19H19ClN2O4S. The van der Waals surface area contributed by atoms with Crippen molar-refractivity contribution in [3.8, 4) is 5.69 Å². The molecule has 0 aliphatic rings. The number of aryl methyl sites for hydroxylation is 1.